The number of carbonyl (C=O) groups is 1. The van der Waals surface area contributed by atoms with Crippen LogP contribution in [0.2, 0.25) is 0 Å². The predicted molar refractivity (Wildman–Crippen MR) is 134 cm³/mol. The van der Waals surface area contributed by atoms with Gasteiger partial charge in [0.05, 0.1) is 44.3 Å². The summed E-state index contributed by atoms with van der Waals surface area (Å²) in [6.45, 7) is 5.06. The van der Waals surface area contributed by atoms with Gasteiger partial charge in [-0.15, -0.1) is 0 Å². The molecule has 0 radical (unpaired) electrons. The molecule has 0 atom stereocenters. The largest absolute Gasteiger partial charge is 0.493 e. The summed E-state index contributed by atoms with van der Waals surface area (Å²) in [7, 11) is 1.52. The molecule has 9 nitrogen and oxygen atoms in total. The van der Waals surface area contributed by atoms with Gasteiger partial charge in [-0.2, -0.15) is 0 Å². The number of hydrogen-bond acceptors (Lipinski definition) is 7. The van der Waals surface area contributed by atoms with Crippen molar-refractivity contribution in [3.8, 4) is 23.1 Å². The second kappa shape index (κ2) is 9.19. The number of aromatic nitrogens is 3. The first kappa shape index (κ1) is 23.5. The SMILES string of the molecule is COc1cc2c(Oc3ccc4[nH]c(C)cc4c3F)ncnc2cc1OCCC(=O)N1CCC2(COC2)C1. The Balaban J connectivity index is 1.19. The highest BCUT2D eigenvalue weighted by molar-refractivity contribution is 5.87. The molecule has 2 fully saturated rings. The first-order valence-electron chi connectivity index (χ1n) is 12.2. The number of aromatic amines is 1. The average Bonchev–Trinajstić information content (AvgIpc) is 3.50. The molecule has 2 saturated heterocycles. The van der Waals surface area contributed by atoms with Crippen LogP contribution in [0.4, 0.5) is 4.39 Å². The minimum absolute atomic E-state index is 0.0569. The number of carbonyl (C=O) groups excluding carboxylic acids is 1. The third-order valence-corrected chi connectivity index (χ3v) is 7.11. The smallest absolute Gasteiger partial charge is 0.230 e. The quantitative estimate of drug-likeness (QED) is 0.397. The zero-order valence-corrected chi connectivity index (χ0v) is 20.7. The van der Waals surface area contributed by atoms with Crippen LogP contribution in [0.3, 0.4) is 0 Å². The van der Waals surface area contributed by atoms with E-state index in [1.807, 2.05) is 11.8 Å². The van der Waals surface area contributed by atoms with Gasteiger partial charge in [-0.05, 0) is 37.6 Å². The molecule has 37 heavy (non-hydrogen) atoms. The molecule has 0 bridgehead atoms. The summed E-state index contributed by atoms with van der Waals surface area (Å²) < 4.78 is 37.8. The average molecular weight is 507 g/mol. The highest BCUT2D eigenvalue weighted by atomic mass is 19.1. The van der Waals surface area contributed by atoms with Crippen molar-refractivity contribution in [3.05, 3.63) is 48.2 Å². The van der Waals surface area contributed by atoms with E-state index in [9.17, 15) is 4.79 Å². The molecule has 2 aromatic carbocycles. The molecule has 4 heterocycles. The molecule has 1 N–H and O–H groups in total. The summed E-state index contributed by atoms with van der Waals surface area (Å²) >= 11 is 0. The number of likely N-dealkylation sites (tertiary alicyclic amines) is 1. The van der Waals surface area contributed by atoms with Crippen LogP contribution in [0.25, 0.3) is 21.8 Å². The Kier molecular flexibility index (Phi) is 5.83. The molecule has 4 aromatic rings. The molecule has 2 aliphatic heterocycles. The summed E-state index contributed by atoms with van der Waals surface area (Å²) in [6.07, 6.45) is 2.60. The minimum Gasteiger partial charge on any atom is -0.493 e. The van der Waals surface area contributed by atoms with E-state index in [0.29, 0.717) is 33.3 Å². The van der Waals surface area contributed by atoms with E-state index >= 15 is 4.39 Å². The Morgan fingerprint density at radius 1 is 1.16 bits per heavy atom. The molecular weight excluding hydrogens is 479 g/mol. The molecule has 0 saturated carbocycles. The van der Waals surface area contributed by atoms with Crippen molar-refractivity contribution in [2.75, 3.05) is 40.0 Å². The van der Waals surface area contributed by atoms with Gasteiger partial charge in [0.2, 0.25) is 11.8 Å². The maximum Gasteiger partial charge on any atom is 0.230 e. The maximum absolute atomic E-state index is 15.1. The number of amides is 1. The van der Waals surface area contributed by atoms with E-state index in [1.54, 1.807) is 30.3 Å². The van der Waals surface area contributed by atoms with Gasteiger partial charge < -0.3 is 28.8 Å². The number of methoxy groups -OCH3 is 1. The molecule has 192 valence electrons. The number of aryl methyl sites for hydroxylation is 1. The van der Waals surface area contributed by atoms with Crippen LogP contribution in [-0.4, -0.2) is 65.8 Å². The van der Waals surface area contributed by atoms with E-state index in [-0.39, 0.29) is 36.0 Å². The van der Waals surface area contributed by atoms with Crippen molar-refractivity contribution in [2.24, 2.45) is 5.41 Å². The number of benzene rings is 2. The van der Waals surface area contributed by atoms with Gasteiger partial charge in [0.15, 0.2) is 23.1 Å². The van der Waals surface area contributed by atoms with Crippen molar-refractivity contribution in [2.45, 2.75) is 19.8 Å². The van der Waals surface area contributed by atoms with Gasteiger partial charge in [0.1, 0.15) is 6.33 Å². The number of H-pyrrole nitrogens is 1. The van der Waals surface area contributed by atoms with Gasteiger partial charge >= 0.3 is 0 Å². The van der Waals surface area contributed by atoms with Crippen molar-refractivity contribution < 1.29 is 28.1 Å². The number of ether oxygens (including phenoxy) is 4. The molecule has 10 heteroatoms. The number of nitrogens with zero attached hydrogens (tertiary/aromatic N) is 3. The fraction of sp³-hybridized carbons (Fsp3) is 0.370. The summed E-state index contributed by atoms with van der Waals surface area (Å²) in [4.78, 5) is 26.2. The van der Waals surface area contributed by atoms with Crippen LogP contribution in [0.1, 0.15) is 18.5 Å². The van der Waals surface area contributed by atoms with Crippen LogP contribution in [-0.2, 0) is 9.53 Å². The third-order valence-electron chi connectivity index (χ3n) is 7.11. The summed E-state index contributed by atoms with van der Waals surface area (Å²) in [5.41, 5.74) is 2.25. The fourth-order valence-corrected chi connectivity index (χ4v) is 5.05. The lowest BCUT2D eigenvalue weighted by Gasteiger charge is -2.37. The zero-order chi connectivity index (χ0) is 25.6. The number of fused-ring (bicyclic) bond motifs is 2. The number of hydrogen-bond donors (Lipinski definition) is 1. The molecule has 0 aliphatic carbocycles. The van der Waals surface area contributed by atoms with Crippen LogP contribution in [0.15, 0.2) is 36.7 Å². The number of halogens is 1. The molecule has 2 aromatic heterocycles. The van der Waals surface area contributed by atoms with E-state index in [4.69, 9.17) is 18.9 Å². The topological polar surface area (TPSA) is 98.8 Å². The highest BCUT2D eigenvalue weighted by Gasteiger charge is 2.45. The molecule has 1 spiro atoms. The van der Waals surface area contributed by atoms with Gasteiger partial charge in [-0.3, -0.25) is 4.79 Å². The van der Waals surface area contributed by atoms with E-state index < -0.39 is 5.82 Å². The van der Waals surface area contributed by atoms with Gasteiger partial charge in [0.25, 0.3) is 0 Å². The Bertz CT molecular complexity index is 1500. The third kappa shape index (κ3) is 4.31. The van der Waals surface area contributed by atoms with Crippen LogP contribution in [0.5, 0.6) is 23.1 Å². The Labute approximate surface area is 212 Å². The Morgan fingerprint density at radius 2 is 2.03 bits per heavy atom. The lowest BCUT2D eigenvalue weighted by Crippen LogP contribution is -2.45. The molecule has 6 rings (SSSR count). The van der Waals surface area contributed by atoms with E-state index in [1.165, 1.54) is 13.4 Å². The van der Waals surface area contributed by atoms with Crippen LogP contribution in [0, 0.1) is 18.2 Å². The maximum atomic E-state index is 15.1. The predicted octanol–water partition coefficient (Wildman–Crippen LogP) is 4.38. The van der Waals surface area contributed by atoms with E-state index in [0.717, 1.165) is 38.4 Å². The molecule has 1 amide bonds. The number of rotatable bonds is 7. The lowest BCUT2D eigenvalue weighted by atomic mass is 9.85. The summed E-state index contributed by atoms with van der Waals surface area (Å²) in [5, 5.41) is 0.985. The normalized spacial score (nSPS) is 16.4. The van der Waals surface area contributed by atoms with Gasteiger partial charge in [-0.25, -0.2) is 14.4 Å². The molecule has 0 unspecified atom stereocenters. The van der Waals surface area contributed by atoms with Crippen molar-refractivity contribution in [1.82, 2.24) is 19.9 Å². The van der Waals surface area contributed by atoms with E-state index in [2.05, 4.69) is 15.0 Å². The van der Waals surface area contributed by atoms with Crippen molar-refractivity contribution >= 4 is 27.7 Å². The van der Waals surface area contributed by atoms with Crippen molar-refractivity contribution in [1.29, 1.82) is 0 Å². The Morgan fingerprint density at radius 3 is 2.78 bits per heavy atom. The summed E-state index contributed by atoms with van der Waals surface area (Å²) in [5.74, 6) is 0.730. The van der Waals surface area contributed by atoms with Gasteiger partial charge in [-0.1, -0.05) is 0 Å². The second-order valence-corrected chi connectivity index (χ2v) is 9.75. The van der Waals surface area contributed by atoms with Crippen molar-refractivity contribution in [3.63, 3.8) is 0 Å². The van der Waals surface area contributed by atoms with Crippen LogP contribution >= 0.6 is 0 Å². The fourth-order valence-electron chi connectivity index (χ4n) is 5.05. The standard InChI is InChI=1S/C27H27FN4O5/c1-16-9-17-19(31-16)3-4-21(25(17)28)37-26-18-10-22(34-2)23(11-20(18)29-15-30-26)36-8-5-24(33)32-7-6-27(12-32)13-35-14-27/h3-4,9-11,15,31H,5-8,12-14H2,1-2H3. The first-order valence-corrected chi connectivity index (χ1v) is 12.2. The first-order chi connectivity index (χ1) is 17.9. The number of nitrogens with one attached hydrogen (secondary N) is 1. The Hall–Kier alpha value is -3.92. The molecule has 2 aliphatic rings. The lowest BCUT2D eigenvalue weighted by molar-refractivity contribution is -0.135. The molecular formula is C27H27FN4O5. The monoisotopic (exact) mass is 506 g/mol. The highest BCUT2D eigenvalue weighted by Crippen LogP contribution is 2.39. The second-order valence-electron chi connectivity index (χ2n) is 9.75. The van der Waals surface area contributed by atoms with Gasteiger partial charge in [0, 0.05) is 41.2 Å². The van der Waals surface area contributed by atoms with Crippen LogP contribution < -0.4 is 14.2 Å². The minimum atomic E-state index is -0.473. The summed E-state index contributed by atoms with van der Waals surface area (Å²) in [6, 6.07) is 8.46. The zero-order valence-electron chi connectivity index (χ0n) is 20.7.